The zero-order chi connectivity index (χ0) is 99.0. The van der Waals surface area contributed by atoms with Crippen molar-refractivity contribution >= 4 is 123 Å². The molecule has 0 aliphatic carbocycles. The molecule has 6 aliphatic heterocycles. The first-order valence-electron chi connectivity index (χ1n) is 51.0. The summed E-state index contributed by atoms with van der Waals surface area (Å²) in [5.41, 5.74) is 31.1. The molecule has 22 heterocycles. The number of aromatic nitrogens is 16. The van der Waals surface area contributed by atoms with Crippen LogP contribution in [-0.2, 0) is 71.4 Å². The Kier molecular flexibility index (Phi) is 28.5. The van der Waals surface area contributed by atoms with E-state index in [4.69, 9.17) is 0 Å². The molecule has 0 amide bonds. The summed E-state index contributed by atoms with van der Waals surface area (Å²) in [6.45, 7) is 34.9. The van der Waals surface area contributed by atoms with E-state index < -0.39 is 0 Å². The molecule has 0 radical (unpaired) electrons. The van der Waals surface area contributed by atoms with E-state index in [0.29, 0.717) is 12.8 Å². The number of H-pyrrole nitrogens is 7. The Bertz CT molecular complexity index is 7460. The maximum Gasteiger partial charge on any atom is 0.251 e. The van der Waals surface area contributed by atoms with Crippen LogP contribution in [0, 0.1) is 0 Å². The van der Waals surface area contributed by atoms with Gasteiger partial charge in [0, 0.05) is 318 Å². The highest BCUT2D eigenvalue weighted by Gasteiger charge is 2.26. The highest BCUT2D eigenvalue weighted by molar-refractivity contribution is 5.87. The van der Waals surface area contributed by atoms with Gasteiger partial charge >= 0.3 is 0 Å². The molecule has 0 saturated carbocycles. The van der Waals surface area contributed by atoms with Crippen molar-refractivity contribution in [2.24, 2.45) is 4.99 Å². The first-order chi connectivity index (χ1) is 71.0. The molecule has 32 heteroatoms. The topological polar surface area (TPSA) is 340 Å². The van der Waals surface area contributed by atoms with E-state index in [2.05, 4.69) is 262 Å². The number of rotatable bonds is 20. The molecule has 0 unspecified atom stereocenters. The number of fused-ring (bicyclic) bond motifs is 10. The fourth-order valence-corrected chi connectivity index (χ4v) is 20.6. The fraction of sp³-hybridized carbons (Fsp3) is 0.319. The second-order valence-corrected chi connectivity index (χ2v) is 38.6. The van der Waals surface area contributed by atoms with Crippen molar-refractivity contribution < 1.29 is 0 Å². The molecule has 6 aliphatic rings. The number of hydrogen-bond donors (Lipinski definition) is 7. The van der Waals surface area contributed by atoms with E-state index in [1.807, 2.05) is 144 Å². The van der Waals surface area contributed by atoms with Gasteiger partial charge in [-0.25, -0.2) is 9.97 Å². The SMILES string of the molecule is CCc1cc2ncc(CN3CCN(c4ccc5c(c4)C=NC5)CC3)cc2[nH]c1=O.CCc1cc2ncc(CN3CCN(c4ccc5cc[nH]c5c4)CC3)cc2[nH]c1=O.CCc1cc2ncc(CN3CCN(c4ccc5cc[nH]c5c4)CC3)cc2[nH]c1=O.CCc1cc2ncc(CN3CCN(c4ccc5nccn5c4)CC3)cc2[nH]c1=O.CCc1cc2ncc(CN3CCN(c4ccn5ccnc5c4)CC3)cc2[nH]c1=O. The Hall–Kier alpha value is -15.6. The van der Waals surface area contributed by atoms with Crippen LogP contribution in [0.25, 0.3) is 88.3 Å². The lowest BCUT2D eigenvalue weighted by molar-refractivity contribution is 0.249. The third-order valence-corrected chi connectivity index (χ3v) is 29.2. The van der Waals surface area contributed by atoms with E-state index in [-0.39, 0.29) is 27.8 Å². The highest BCUT2D eigenvalue weighted by atomic mass is 16.1. The van der Waals surface area contributed by atoms with Gasteiger partial charge in [-0.15, -0.1) is 0 Å². The number of benzene rings is 3. The molecule has 3 aromatic carbocycles. The molecular weight excluding hydrogens is 1820 g/mol. The number of imidazole rings is 2. The summed E-state index contributed by atoms with van der Waals surface area (Å²) in [5.74, 6) is 0. The van der Waals surface area contributed by atoms with Gasteiger partial charge in [0.2, 0.25) is 0 Å². The van der Waals surface area contributed by atoms with Gasteiger partial charge in [-0.2, -0.15) is 0 Å². The lowest BCUT2D eigenvalue weighted by atomic mass is 10.1. The molecule has 19 aromatic rings. The Morgan fingerprint density at radius 3 is 0.938 bits per heavy atom. The second kappa shape index (κ2) is 43.3. The number of aliphatic imine (C=N–C) groups is 1. The first kappa shape index (κ1) is 95.6. The average Bonchev–Trinajstić information content (AvgIpc) is 1.80. The molecule has 16 aromatic heterocycles. The van der Waals surface area contributed by atoms with Crippen molar-refractivity contribution in [3.63, 3.8) is 0 Å². The first-order valence-corrected chi connectivity index (χ1v) is 51.0. The van der Waals surface area contributed by atoms with Crippen LogP contribution in [0.15, 0.2) is 261 Å². The van der Waals surface area contributed by atoms with Gasteiger partial charge in [-0.05, 0) is 209 Å². The zero-order valence-corrected chi connectivity index (χ0v) is 82.9. The summed E-state index contributed by atoms with van der Waals surface area (Å²) in [6.07, 6.45) is 31.0. The minimum absolute atomic E-state index is 0.00745. The van der Waals surface area contributed by atoms with Crippen molar-refractivity contribution in [1.29, 1.82) is 0 Å². The van der Waals surface area contributed by atoms with Crippen molar-refractivity contribution in [3.05, 3.63) is 351 Å². The van der Waals surface area contributed by atoms with E-state index in [0.717, 1.165) is 312 Å². The van der Waals surface area contributed by atoms with Gasteiger partial charge in [-0.1, -0.05) is 52.8 Å². The molecule has 0 bridgehead atoms. The van der Waals surface area contributed by atoms with E-state index in [1.165, 1.54) is 61.4 Å². The van der Waals surface area contributed by atoms with Crippen LogP contribution in [-0.4, -0.2) is 240 Å². The monoisotopic (exact) mass is 1940 g/mol. The molecule has 740 valence electrons. The zero-order valence-electron chi connectivity index (χ0n) is 82.9. The number of anilines is 5. The quantitative estimate of drug-likeness (QED) is 0.0373. The maximum absolute atomic E-state index is 12.1. The summed E-state index contributed by atoms with van der Waals surface area (Å²) in [5, 5.41) is 2.50. The molecule has 145 heavy (non-hydrogen) atoms. The molecule has 7 N–H and O–H groups in total. The predicted molar refractivity (Wildman–Crippen MR) is 581 cm³/mol. The summed E-state index contributed by atoms with van der Waals surface area (Å²) in [7, 11) is 0. The lowest BCUT2D eigenvalue weighted by Crippen LogP contribution is -2.46. The van der Waals surface area contributed by atoms with E-state index in [9.17, 15) is 24.0 Å². The second-order valence-electron chi connectivity index (χ2n) is 38.6. The minimum Gasteiger partial charge on any atom is -0.369 e. The molecule has 0 atom stereocenters. The lowest BCUT2D eigenvalue weighted by Gasteiger charge is -2.36. The van der Waals surface area contributed by atoms with Crippen LogP contribution < -0.4 is 52.3 Å². The fourth-order valence-electron chi connectivity index (χ4n) is 20.6. The van der Waals surface area contributed by atoms with Crippen LogP contribution in [0.5, 0.6) is 0 Å². The Balaban J connectivity index is 0.000000107. The van der Waals surface area contributed by atoms with Crippen molar-refractivity contribution in [3.8, 4) is 0 Å². The van der Waals surface area contributed by atoms with Crippen LogP contribution in [0.3, 0.4) is 0 Å². The van der Waals surface area contributed by atoms with Crippen molar-refractivity contribution in [1.82, 2.24) is 103 Å². The predicted octanol–water partition coefficient (Wildman–Crippen LogP) is 14.2. The van der Waals surface area contributed by atoms with Crippen LogP contribution in [0.1, 0.15) is 101 Å². The Morgan fingerprint density at radius 1 is 0.276 bits per heavy atom. The van der Waals surface area contributed by atoms with Gasteiger partial charge in [0.25, 0.3) is 27.8 Å². The third kappa shape index (κ3) is 22.1. The van der Waals surface area contributed by atoms with Crippen molar-refractivity contribution in [2.75, 3.05) is 155 Å². The molecule has 0 spiro atoms. The van der Waals surface area contributed by atoms with Gasteiger partial charge in [0.05, 0.1) is 67.4 Å². The van der Waals surface area contributed by atoms with E-state index >= 15 is 0 Å². The van der Waals surface area contributed by atoms with Gasteiger partial charge in [0.15, 0.2) is 0 Å². The largest absolute Gasteiger partial charge is 0.369 e. The minimum atomic E-state index is -0.0120. The maximum atomic E-state index is 12.1. The smallest absolute Gasteiger partial charge is 0.251 e. The third-order valence-electron chi connectivity index (χ3n) is 29.2. The summed E-state index contributed by atoms with van der Waals surface area (Å²) < 4.78 is 4.09. The summed E-state index contributed by atoms with van der Waals surface area (Å²) >= 11 is 0. The number of aromatic amines is 7. The number of aryl methyl sites for hydroxylation is 5. The number of nitrogens with one attached hydrogen (secondary N) is 7. The number of piperazine rings is 5. The van der Waals surface area contributed by atoms with Crippen LogP contribution in [0.2, 0.25) is 0 Å². The number of pyridine rings is 12. The van der Waals surface area contributed by atoms with Gasteiger partial charge in [0.1, 0.15) is 11.3 Å². The van der Waals surface area contributed by atoms with Crippen molar-refractivity contribution in [2.45, 2.75) is 106 Å². The standard InChI is InChI=1S/3C23H25N5O.2C22H24N6O/c1-2-17-11-21-22(26-23(17)29)9-16(12-25-21)15-27-5-7-28(8-6-27)20-4-3-18-13-24-14-19(18)10-20;2*1-2-17-12-21-22(26-23(17)29)11-16(14-25-21)15-27-7-9-28(10-8-27)19-4-3-18-5-6-24-20(18)13-19;1-2-17-12-19-20(25-22(17)29)11-16(14-24-19)15-26-7-9-27(10-8-26)18-3-5-28-6-4-23-21(28)13-18;1-2-17-12-19-20(25-22(17)29)11-16(13-24-19)14-26-7-9-27(10-8-26)18-3-4-21-23-5-6-28(21)15-18/h3-4,9-12,14H,2,5-8,13,15H2,1H3,(H,26,29);2*3-6,11-14,24H,2,7-10,15H2,1H3,(H,26,29);3-6,11-14H,2,7-10,15H2,1H3,(H,25,29);3-6,11-13,15H,2,7-10,14H2,1H3,(H,25,29). The average molecular weight is 1940 g/mol. The van der Waals surface area contributed by atoms with Crippen LogP contribution >= 0.6 is 0 Å². The molecule has 32 nitrogen and oxygen atoms in total. The molecule has 5 saturated heterocycles. The summed E-state index contributed by atoms with van der Waals surface area (Å²) in [6, 6.07) is 52.4. The van der Waals surface area contributed by atoms with Gasteiger partial charge < -0.3 is 68.2 Å². The molecule has 25 rings (SSSR count). The normalized spacial score (nSPS) is 15.6. The van der Waals surface area contributed by atoms with Crippen LogP contribution in [0.4, 0.5) is 28.4 Å². The molecular formula is C113H123N27O5. The molecule has 5 fully saturated rings. The Morgan fingerprint density at radius 2 is 0.586 bits per heavy atom. The number of hydrogen-bond acceptors (Lipinski definition) is 23. The number of nitrogens with zero attached hydrogens (tertiary/aromatic N) is 20. The Labute approximate surface area is 838 Å². The summed E-state index contributed by atoms with van der Waals surface area (Å²) in [4.78, 5) is 142. The van der Waals surface area contributed by atoms with Gasteiger partial charge in [-0.3, -0.25) is 78.4 Å². The van der Waals surface area contributed by atoms with E-state index in [1.54, 1.807) is 0 Å². The highest BCUT2D eigenvalue weighted by Crippen LogP contribution is 2.31.